The van der Waals surface area contributed by atoms with E-state index in [2.05, 4.69) is 13.8 Å². The van der Waals surface area contributed by atoms with Crippen molar-refractivity contribution in [1.29, 1.82) is 0 Å². The average molecular weight is 292 g/mol. The first-order valence-electron chi connectivity index (χ1n) is 7.54. The molecule has 0 radical (unpaired) electrons. The molecule has 1 aliphatic heterocycles. The number of rotatable bonds is 3. The van der Waals surface area contributed by atoms with Gasteiger partial charge in [-0.2, -0.15) is 0 Å². The number of carbonyl (C=O) groups is 2. The maximum absolute atomic E-state index is 12.0. The van der Waals surface area contributed by atoms with E-state index in [9.17, 15) is 9.59 Å². The number of ketones is 1. The van der Waals surface area contributed by atoms with Gasteiger partial charge >= 0.3 is 5.97 Å². The highest BCUT2D eigenvalue weighted by Crippen LogP contribution is 2.49. The molecule has 4 nitrogen and oxygen atoms in total. The molecule has 0 saturated heterocycles. The minimum Gasteiger partial charge on any atom is -0.482 e. The number of allylic oxidation sites excluding steroid dienone is 2. The smallest absolute Gasteiger partial charge is 0.333 e. The average Bonchev–Trinajstić information content (AvgIpc) is 2.81. The Hall–Kier alpha value is -1.58. The molecule has 2 aliphatic rings. The van der Waals surface area contributed by atoms with Crippen LogP contribution in [0, 0.1) is 11.3 Å². The Kier molecular flexibility index (Phi) is 4.26. The standard InChI is InChI=1S/C17H24O4/c1-6-10(2)16(19)21-13-8-7-11(3)17(5)9-14(12(4)18)20-15(13)17/h6,9,11,13,15H,7-8H2,1-5H3/t11-,13-,15-,17+/m0/s1. The van der Waals surface area contributed by atoms with Crippen molar-refractivity contribution < 1.29 is 19.1 Å². The summed E-state index contributed by atoms with van der Waals surface area (Å²) in [6.07, 6.45) is 4.80. The van der Waals surface area contributed by atoms with Crippen molar-refractivity contribution in [3.05, 3.63) is 23.5 Å². The summed E-state index contributed by atoms with van der Waals surface area (Å²) >= 11 is 0. The van der Waals surface area contributed by atoms with E-state index < -0.39 is 0 Å². The molecular formula is C17H24O4. The summed E-state index contributed by atoms with van der Waals surface area (Å²) in [5.41, 5.74) is 0.335. The molecule has 0 bridgehead atoms. The molecule has 2 rings (SSSR count). The fraction of sp³-hybridized carbons (Fsp3) is 0.647. The second kappa shape index (κ2) is 5.66. The molecule has 0 amide bonds. The van der Waals surface area contributed by atoms with Crippen LogP contribution in [0.5, 0.6) is 0 Å². The van der Waals surface area contributed by atoms with Crippen molar-refractivity contribution in [2.75, 3.05) is 0 Å². The summed E-state index contributed by atoms with van der Waals surface area (Å²) in [7, 11) is 0. The van der Waals surface area contributed by atoms with Gasteiger partial charge in [-0.05, 0) is 38.7 Å². The Labute approximate surface area is 126 Å². The number of fused-ring (bicyclic) bond motifs is 1. The second-order valence-corrected chi connectivity index (χ2v) is 6.36. The van der Waals surface area contributed by atoms with Crippen LogP contribution in [0.15, 0.2) is 23.5 Å². The summed E-state index contributed by atoms with van der Waals surface area (Å²) in [5, 5.41) is 0. The zero-order chi connectivity index (χ0) is 15.8. The molecule has 1 saturated carbocycles. The SMILES string of the molecule is CC=C(C)C(=O)O[C@H]1CC[C@H](C)[C@@]2(C)C=C(C(C)=O)O[C@@H]12. The molecule has 0 aromatic heterocycles. The lowest BCUT2D eigenvalue weighted by Crippen LogP contribution is -2.48. The van der Waals surface area contributed by atoms with Crippen LogP contribution in [0.1, 0.15) is 47.5 Å². The first-order valence-corrected chi connectivity index (χ1v) is 7.54. The van der Waals surface area contributed by atoms with Gasteiger partial charge in [-0.3, -0.25) is 4.79 Å². The van der Waals surface area contributed by atoms with E-state index in [0.717, 1.165) is 12.8 Å². The van der Waals surface area contributed by atoms with Crippen LogP contribution in [0.2, 0.25) is 0 Å². The Morgan fingerprint density at radius 2 is 2.05 bits per heavy atom. The van der Waals surface area contributed by atoms with Crippen LogP contribution in [0.3, 0.4) is 0 Å². The first-order chi connectivity index (χ1) is 9.79. The van der Waals surface area contributed by atoms with Gasteiger partial charge in [0.25, 0.3) is 0 Å². The topological polar surface area (TPSA) is 52.6 Å². The minimum absolute atomic E-state index is 0.0764. The van der Waals surface area contributed by atoms with Gasteiger partial charge in [0.1, 0.15) is 12.2 Å². The Morgan fingerprint density at radius 3 is 2.62 bits per heavy atom. The first kappa shape index (κ1) is 15.8. The molecule has 0 unspecified atom stereocenters. The predicted octanol–water partition coefficient (Wildman–Crippen LogP) is 3.17. The third-order valence-electron chi connectivity index (χ3n) is 4.95. The highest BCUT2D eigenvalue weighted by Gasteiger charge is 2.53. The highest BCUT2D eigenvalue weighted by atomic mass is 16.6. The molecule has 4 heteroatoms. The fourth-order valence-electron chi connectivity index (χ4n) is 3.09. The van der Waals surface area contributed by atoms with Gasteiger partial charge in [-0.25, -0.2) is 4.79 Å². The van der Waals surface area contributed by atoms with E-state index in [4.69, 9.17) is 9.47 Å². The maximum Gasteiger partial charge on any atom is 0.333 e. The highest BCUT2D eigenvalue weighted by molar-refractivity contribution is 5.92. The van der Waals surface area contributed by atoms with Crippen molar-refractivity contribution in [2.45, 2.75) is 59.7 Å². The minimum atomic E-state index is -0.306. The van der Waals surface area contributed by atoms with Crippen LogP contribution in [-0.4, -0.2) is 24.0 Å². The van der Waals surface area contributed by atoms with Crippen LogP contribution in [0.4, 0.5) is 0 Å². The van der Waals surface area contributed by atoms with Gasteiger partial charge in [-0.1, -0.05) is 19.9 Å². The van der Waals surface area contributed by atoms with Gasteiger partial charge in [0, 0.05) is 17.9 Å². The molecule has 1 aliphatic carbocycles. The Bertz CT molecular complexity index is 517. The summed E-state index contributed by atoms with van der Waals surface area (Å²) < 4.78 is 11.5. The quantitative estimate of drug-likeness (QED) is 0.592. The second-order valence-electron chi connectivity index (χ2n) is 6.36. The number of hydrogen-bond donors (Lipinski definition) is 0. The molecule has 4 atom stereocenters. The molecule has 0 N–H and O–H groups in total. The van der Waals surface area contributed by atoms with Gasteiger partial charge in [0.2, 0.25) is 0 Å². The molecule has 0 aromatic carbocycles. The summed E-state index contributed by atoms with van der Waals surface area (Å²) in [6.45, 7) is 9.29. The van der Waals surface area contributed by atoms with E-state index >= 15 is 0 Å². The molecule has 0 aromatic rings. The molecule has 116 valence electrons. The van der Waals surface area contributed by atoms with E-state index in [1.165, 1.54) is 6.92 Å². The summed E-state index contributed by atoms with van der Waals surface area (Å²) in [5.74, 6) is 0.406. The van der Waals surface area contributed by atoms with Gasteiger partial charge < -0.3 is 9.47 Å². The van der Waals surface area contributed by atoms with Gasteiger partial charge in [-0.15, -0.1) is 0 Å². The van der Waals surface area contributed by atoms with Crippen molar-refractivity contribution in [3.63, 3.8) is 0 Å². The third kappa shape index (κ3) is 2.76. The lowest BCUT2D eigenvalue weighted by molar-refractivity contribution is -0.161. The van der Waals surface area contributed by atoms with Crippen molar-refractivity contribution in [2.24, 2.45) is 11.3 Å². The third-order valence-corrected chi connectivity index (χ3v) is 4.95. The predicted molar refractivity (Wildman–Crippen MR) is 79.5 cm³/mol. The monoisotopic (exact) mass is 292 g/mol. The summed E-state index contributed by atoms with van der Waals surface area (Å²) in [6, 6.07) is 0. The zero-order valence-corrected chi connectivity index (χ0v) is 13.4. The largest absolute Gasteiger partial charge is 0.482 e. The van der Waals surface area contributed by atoms with Crippen molar-refractivity contribution in [3.8, 4) is 0 Å². The van der Waals surface area contributed by atoms with E-state index in [1.807, 2.05) is 13.0 Å². The van der Waals surface area contributed by atoms with Crippen molar-refractivity contribution >= 4 is 11.8 Å². The lowest BCUT2D eigenvalue weighted by Gasteiger charge is -2.43. The number of carbonyl (C=O) groups excluding carboxylic acids is 2. The van der Waals surface area contributed by atoms with Crippen LogP contribution in [0.25, 0.3) is 0 Å². The number of esters is 1. The van der Waals surface area contributed by atoms with Crippen LogP contribution < -0.4 is 0 Å². The molecule has 21 heavy (non-hydrogen) atoms. The molecule has 1 fully saturated rings. The van der Waals surface area contributed by atoms with E-state index in [1.54, 1.807) is 13.0 Å². The van der Waals surface area contributed by atoms with Gasteiger partial charge in [0.05, 0.1) is 0 Å². The Balaban J connectivity index is 2.21. The number of Topliss-reactive ketones (excluding diaryl/α,β-unsaturated/α-hetero) is 1. The number of hydrogen-bond acceptors (Lipinski definition) is 4. The van der Waals surface area contributed by atoms with E-state index in [-0.39, 0.29) is 29.4 Å². The fourth-order valence-corrected chi connectivity index (χ4v) is 3.09. The molecule has 0 spiro atoms. The Morgan fingerprint density at radius 1 is 1.38 bits per heavy atom. The summed E-state index contributed by atoms with van der Waals surface area (Å²) in [4.78, 5) is 23.6. The van der Waals surface area contributed by atoms with Crippen LogP contribution in [-0.2, 0) is 19.1 Å². The molecular weight excluding hydrogens is 268 g/mol. The normalized spacial score (nSPS) is 35.6. The zero-order valence-electron chi connectivity index (χ0n) is 13.4. The maximum atomic E-state index is 12.0. The lowest BCUT2D eigenvalue weighted by atomic mass is 9.66. The molecule has 1 heterocycles. The van der Waals surface area contributed by atoms with Crippen molar-refractivity contribution in [1.82, 2.24) is 0 Å². The van der Waals surface area contributed by atoms with Gasteiger partial charge in [0.15, 0.2) is 11.5 Å². The van der Waals surface area contributed by atoms with E-state index in [0.29, 0.717) is 17.3 Å². The number of ether oxygens (including phenoxy) is 2. The van der Waals surface area contributed by atoms with Crippen LogP contribution >= 0.6 is 0 Å².